The van der Waals surface area contributed by atoms with Crippen LogP contribution in [-0.4, -0.2) is 46.6 Å². The third-order valence-electron chi connectivity index (χ3n) is 3.95. The number of nitrogens with zero attached hydrogens (tertiary/aromatic N) is 3. The van der Waals surface area contributed by atoms with Gasteiger partial charge in [0.25, 0.3) is 0 Å². The molecule has 0 unspecified atom stereocenters. The predicted molar refractivity (Wildman–Crippen MR) is 94.1 cm³/mol. The fraction of sp³-hybridized carbons (Fsp3) is 0.444. The van der Waals surface area contributed by atoms with Crippen molar-refractivity contribution in [3.63, 3.8) is 0 Å². The molecule has 0 aliphatic carbocycles. The molecule has 1 saturated heterocycles. The van der Waals surface area contributed by atoms with E-state index < -0.39 is 5.60 Å². The normalized spacial score (nSPS) is 16.0. The molecule has 2 N–H and O–H groups in total. The largest absolute Gasteiger partial charge is 0.444 e. The van der Waals surface area contributed by atoms with Crippen LogP contribution in [0.15, 0.2) is 36.5 Å². The molecule has 0 saturated carbocycles. The van der Waals surface area contributed by atoms with Gasteiger partial charge in [-0.1, -0.05) is 22.9 Å². The summed E-state index contributed by atoms with van der Waals surface area (Å²) in [7, 11) is 0. The van der Waals surface area contributed by atoms with Crippen molar-refractivity contribution in [1.29, 1.82) is 0 Å². The van der Waals surface area contributed by atoms with Crippen molar-refractivity contribution in [3.8, 4) is 0 Å². The van der Waals surface area contributed by atoms with Gasteiger partial charge < -0.3 is 9.94 Å². The van der Waals surface area contributed by atoms with E-state index in [1.54, 1.807) is 11.1 Å². The van der Waals surface area contributed by atoms with Crippen LogP contribution >= 0.6 is 0 Å². The number of carbonyl (C=O) groups is 1. The van der Waals surface area contributed by atoms with E-state index in [0.717, 1.165) is 28.5 Å². The van der Waals surface area contributed by atoms with Crippen molar-refractivity contribution in [1.82, 2.24) is 9.91 Å². The molecule has 1 aromatic heterocycles. The van der Waals surface area contributed by atoms with E-state index in [-0.39, 0.29) is 6.09 Å². The van der Waals surface area contributed by atoms with Crippen molar-refractivity contribution >= 4 is 22.7 Å². The Balaban J connectivity index is 1.75. The van der Waals surface area contributed by atoms with E-state index in [1.807, 2.05) is 56.1 Å². The highest BCUT2D eigenvalue weighted by Crippen LogP contribution is 2.20. The average Bonchev–Trinajstić information content (AvgIpc) is 2.56. The number of amides is 1. The molecule has 1 amide bonds. The number of aromatic nitrogens is 1. The Kier molecular flexibility index (Phi) is 4.67. The van der Waals surface area contributed by atoms with Crippen molar-refractivity contribution in [2.24, 2.45) is 0 Å². The molecule has 25 heavy (non-hydrogen) atoms. The van der Waals surface area contributed by atoms with Crippen LogP contribution in [-0.2, 0) is 4.74 Å². The van der Waals surface area contributed by atoms with Gasteiger partial charge in [0.1, 0.15) is 18.5 Å². The number of ether oxygens (including phenoxy) is 1. The zero-order chi connectivity index (χ0) is 18.0. The molecule has 7 nitrogen and oxygen atoms in total. The molecule has 0 spiro atoms. The summed E-state index contributed by atoms with van der Waals surface area (Å²) in [5.41, 5.74) is 2.72. The zero-order valence-electron chi connectivity index (χ0n) is 14.9. The molecule has 7 heteroatoms. The molecule has 1 fully saturated rings. The van der Waals surface area contributed by atoms with Gasteiger partial charge in [-0.05, 0) is 44.7 Å². The number of rotatable bonds is 2. The van der Waals surface area contributed by atoms with Crippen LogP contribution in [0.5, 0.6) is 0 Å². The van der Waals surface area contributed by atoms with Crippen LogP contribution in [0.4, 0.5) is 10.6 Å². The first-order valence-corrected chi connectivity index (χ1v) is 8.46. The molecule has 0 atom stereocenters. The minimum absolute atomic E-state index is 0.325. The van der Waals surface area contributed by atoms with Gasteiger partial charge in [0.2, 0.25) is 0 Å². The first-order chi connectivity index (χ1) is 11.8. The van der Waals surface area contributed by atoms with Gasteiger partial charge in [-0.3, -0.25) is 4.90 Å². The fourth-order valence-corrected chi connectivity index (χ4v) is 2.83. The maximum atomic E-state index is 12.3. The Morgan fingerprint density at radius 1 is 1.24 bits per heavy atom. The zero-order valence-corrected chi connectivity index (χ0v) is 14.9. The highest BCUT2D eigenvalue weighted by molar-refractivity contribution is 5.89. The summed E-state index contributed by atoms with van der Waals surface area (Å²) in [5, 5.41) is 14.0. The molecule has 3 rings (SSSR count). The van der Waals surface area contributed by atoms with Crippen molar-refractivity contribution in [2.75, 3.05) is 25.2 Å². The lowest BCUT2D eigenvalue weighted by Gasteiger charge is -2.34. The fourth-order valence-electron chi connectivity index (χ4n) is 2.83. The number of anilines is 1. The Hall–Kier alpha value is -2.54. The maximum Gasteiger partial charge on any atom is 0.411 e. The Labute approximate surface area is 147 Å². The van der Waals surface area contributed by atoms with Crippen LogP contribution in [0, 0.1) is 0 Å². The van der Waals surface area contributed by atoms with Crippen molar-refractivity contribution in [3.05, 3.63) is 36.5 Å². The van der Waals surface area contributed by atoms with E-state index >= 15 is 0 Å². The van der Waals surface area contributed by atoms with Gasteiger partial charge in [0.15, 0.2) is 0 Å². The van der Waals surface area contributed by atoms with Crippen LogP contribution in [0.3, 0.4) is 0 Å². The molecular weight excluding hydrogens is 320 g/mol. The summed E-state index contributed by atoms with van der Waals surface area (Å²) in [4.78, 5) is 13.9. The third kappa shape index (κ3) is 4.11. The molecule has 134 valence electrons. The second kappa shape index (κ2) is 6.76. The standard InChI is InChI=1S/C18H24N4O3/c1-18(2,3)25-17(23)20-10-6-11-21(13-20)19-16-15-8-5-4-7-14(15)9-12-22(16)24/h4-5,7-9,12,24H,6,10-11,13H2,1-3H3/p+1. The summed E-state index contributed by atoms with van der Waals surface area (Å²) in [6.45, 7) is 7.38. The Morgan fingerprint density at radius 2 is 2.00 bits per heavy atom. The summed E-state index contributed by atoms with van der Waals surface area (Å²) in [5.74, 6) is 0.573. The molecule has 2 heterocycles. The van der Waals surface area contributed by atoms with E-state index in [9.17, 15) is 10.0 Å². The topological polar surface area (TPSA) is 68.9 Å². The van der Waals surface area contributed by atoms with Crippen LogP contribution in [0.25, 0.3) is 10.8 Å². The van der Waals surface area contributed by atoms with Crippen LogP contribution in [0.2, 0.25) is 0 Å². The average molecular weight is 345 g/mol. The molecule has 1 aliphatic heterocycles. The van der Waals surface area contributed by atoms with Gasteiger partial charge in [-0.2, -0.15) is 5.43 Å². The number of hydrogen-bond donors (Lipinski definition) is 2. The summed E-state index contributed by atoms with van der Waals surface area (Å²) < 4.78 is 6.51. The summed E-state index contributed by atoms with van der Waals surface area (Å²) in [6, 6.07) is 9.67. The molecule has 0 radical (unpaired) electrons. The van der Waals surface area contributed by atoms with E-state index in [0.29, 0.717) is 19.0 Å². The SMILES string of the molecule is CC(C)(C)OC(=O)N1CCCN(Nc2c3ccccc3cc[n+]2O)C1. The number of carbonyl (C=O) groups excluding carboxylic acids is 1. The first kappa shape index (κ1) is 17.3. The quantitative estimate of drug-likeness (QED) is 0.647. The van der Waals surface area contributed by atoms with Gasteiger partial charge in [0, 0.05) is 13.1 Å². The molecule has 1 aliphatic rings. The molecule has 2 aromatic rings. The van der Waals surface area contributed by atoms with Crippen molar-refractivity contribution < 1.29 is 19.5 Å². The lowest BCUT2D eigenvalue weighted by atomic mass is 10.1. The smallest absolute Gasteiger partial charge is 0.411 e. The number of fused-ring (bicyclic) bond motifs is 1. The first-order valence-electron chi connectivity index (χ1n) is 8.46. The van der Waals surface area contributed by atoms with E-state index in [2.05, 4.69) is 5.43 Å². The minimum Gasteiger partial charge on any atom is -0.444 e. The highest BCUT2D eigenvalue weighted by Gasteiger charge is 2.29. The van der Waals surface area contributed by atoms with E-state index in [4.69, 9.17) is 4.74 Å². The van der Waals surface area contributed by atoms with Crippen LogP contribution < -0.4 is 10.2 Å². The lowest BCUT2D eigenvalue weighted by Crippen LogP contribution is -2.52. The Bertz CT molecular complexity index is 772. The maximum absolute atomic E-state index is 12.3. The third-order valence-corrected chi connectivity index (χ3v) is 3.95. The van der Waals surface area contributed by atoms with Gasteiger partial charge in [-0.15, -0.1) is 5.01 Å². The molecule has 0 bridgehead atoms. The number of hydrazine groups is 1. The summed E-state index contributed by atoms with van der Waals surface area (Å²) in [6.07, 6.45) is 2.09. The number of hydrogen-bond acceptors (Lipinski definition) is 5. The lowest BCUT2D eigenvalue weighted by molar-refractivity contribution is -0.893. The van der Waals surface area contributed by atoms with E-state index in [1.165, 1.54) is 0 Å². The second-order valence-electron chi connectivity index (χ2n) is 7.21. The number of benzene rings is 1. The van der Waals surface area contributed by atoms with Gasteiger partial charge >= 0.3 is 11.9 Å². The number of pyridine rings is 1. The molecule has 1 aromatic carbocycles. The van der Waals surface area contributed by atoms with Crippen LogP contribution in [0.1, 0.15) is 27.2 Å². The highest BCUT2D eigenvalue weighted by atomic mass is 16.6. The summed E-state index contributed by atoms with van der Waals surface area (Å²) >= 11 is 0. The monoisotopic (exact) mass is 345 g/mol. The number of nitrogens with one attached hydrogen (secondary N) is 1. The van der Waals surface area contributed by atoms with Crippen molar-refractivity contribution in [2.45, 2.75) is 32.8 Å². The molecular formula is C18H25N4O3+. The predicted octanol–water partition coefficient (Wildman–Crippen LogP) is 2.59. The minimum atomic E-state index is -0.517. The second-order valence-corrected chi connectivity index (χ2v) is 7.21. The van der Waals surface area contributed by atoms with Gasteiger partial charge in [-0.25, -0.2) is 4.79 Å². The Morgan fingerprint density at radius 3 is 2.76 bits per heavy atom. The van der Waals surface area contributed by atoms with Gasteiger partial charge in [0.05, 0.1) is 5.39 Å².